The van der Waals surface area contributed by atoms with Gasteiger partial charge in [-0.1, -0.05) is 30.3 Å². The van der Waals surface area contributed by atoms with E-state index in [1.807, 2.05) is 30.3 Å². The first kappa shape index (κ1) is 13.9. The summed E-state index contributed by atoms with van der Waals surface area (Å²) in [6.07, 6.45) is 3.02. The molecule has 110 valence electrons. The highest BCUT2D eigenvalue weighted by atomic mass is 16.5. The summed E-state index contributed by atoms with van der Waals surface area (Å²) in [7, 11) is 0. The number of nitrogens with one attached hydrogen (secondary N) is 1. The minimum Gasteiger partial charge on any atom is -0.482 e. The van der Waals surface area contributed by atoms with E-state index in [1.165, 1.54) is 6.08 Å². The Balaban J connectivity index is 1.68. The van der Waals surface area contributed by atoms with Gasteiger partial charge in [-0.05, 0) is 23.8 Å². The summed E-state index contributed by atoms with van der Waals surface area (Å²) in [5.74, 6) is 0.165. The van der Waals surface area contributed by atoms with Gasteiger partial charge in [0.15, 0.2) is 6.61 Å². The summed E-state index contributed by atoms with van der Waals surface area (Å²) in [6.45, 7) is -0.00799. The normalized spacial score (nSPS) is 13.2. The molecule has 1 aliphatic heterocycles. The second-order valence-corrected chi connectivity index (χ2v) is 4.66. The van der Waals surface area contributed by atoms with E-state index in [4.69, 9.17) is 9.47 Å². The van der Waals surface area contributed by atoms with E-state index >= 15 is 0 Å². The highest BCUT2D eigenvalue weighted by Crippen LogP contribution is 2.31. The molecule has 0 spiro atoms. The number of hydrogen-bond donors (Lipinski definition) is 1. The van der Waals surface area contributed by atoms with E-state index in [-0.39, 0.29) is 12.5 Å². The van der Waals surface area contributed by atoms with Gasteiger partial charge in [0, 0.05) is 12.1 Å². The zero-order chi connectivity index (χ0) is 15.4. The Labute approximate surface area is 127 Å². The first-order chi connectivity index (χ1) is 10.7. The van der Waals surface area contributed by atoms with Crippen molar-refractivity contribution in [3.63, 3.8) is 0 Å². The van der Waals surface area contributed by atoms with Crippen molar-refractivity contribution in [2.75, 3.05) is 11.9 Å². The number of fused-ring (bicyclic) bond motifs is 1. The second kappa shape index (κ2) is 6.13. The van der Waals surface area contributed by atoms with Crippen molar-refractivity contribution in [1.82, 2.24) is 0 Å². The van der Waals surface area contributed by atoms with Crippen LogP contribution < -0.4 is 14.8 Å². The molecular formula is C17H13NO4. The average molecular weight is 295 g/mol. The number of esters is 1. The van der Waals surface area contributed by atoms with Crippen LogP contribution in [0.25, 0.3) is 6.08 Å². The monoisotopic (exact) mass is 295 g/mol. The van der Waals surface area contributed by atoms with Gasteiger partial charge in [0.1, 0.15) is 11.5 Å². The van der Waals surface area contributed by atoms with E-state index in [1.54, 1.807) is 24.3 Å². The van der Waals surface area contributed by atoms with Crippen LogP contribution in [0.1, 0.15) is 5.56 Å². The number of carbonyl (C=O) groups excluding carboxylic acids is 2. The maximum absolute atomic E-state index is 11.8. The SMILES string of the molecule is O=C1COc2ccc(OC(=O)/C=C/c3ccccc3)cc2N1. The third-order valence-corrected chi connectivity index (χ3v) is 3.01. The molecule has 0 bridgehead atoms. The predicted octanol–water partition coefficient (Wildman–Crippen LogP) is 2.64. The number of rotatable bonds is 3. The van der Waals surface area contributed by atoms with E-state index < -0.39 is 5.97 Å². The summed E-state index contributed by atoms with van der Waals surface area (Å²) in [4.78, 5) is 23.1. The molecule has 0 aromatic heterocycles. The van der Waals surface area contributed by atoms with Gasteiger partial charge >= 0.3 is 5.97 Å². The van der Waals surface area contributed by atoms with Crippen molar-refractivity contribution in [3.05, 3.63) is 60.2 Å². The Morgan fingerprint density at radius 3 is 2.82 bits per heavy atom. The fourth-order valence-corrected chi connectivity index (χ4v) is 2.00. The summed E-state index contributed by atoms with van der Waals surface area (Å²) in [5, 5.41) is 2.66. The van der Waals surface area contributed by atoms with Crippen molar-refractivity contribution in [2.24, 2.45) is 0 Å². The lowest BCUT2D eigenvalue weighted by atomic mass is 10.2. The molecule has 0 fully saturated rings. The minimum atomic E-state index is -0.494. The van der Waals surface area contributed by atoms with Crippen molar-refractivity contribution < 1.29 is 19.1 Å². The maximum Gasteiger partial charge on any atom is 0.336 e. The molecule has 1 aliphatic rings. The van der Waals surface area contributed by atoms with Crippen molar-refractivity contribution in [3.8, 4) is 11.5 Å². The van der Waals surface area contributed by atoms with E-state index in [2.05, 4.69) is 5.32 Å². The molecular weight excluding hydrogens is 282 g/mol. The molecule has 0 atom stereocenters. The lowest BCUT2D eigenvalue weighted by Crippen LogP contribution is -2.25. The van der Waals surface area contributed by atoms with Crippen LogP contribution >= 0.6 is 0 Å². The van der Waals surface area contributed by atoms with Crippen LogP contribution in [0.2, 0.25) is 0 Å². The van der Waals surface area contributed by atoms with E-state index in [0.29, 0.717) is 17.2 Å². The third kappa shape index (κ3) is 3.32. The molecule has 2 aromatic carbocycles. The molecule has 5 heteroatoms. The summed E-state index contributed by atoms with van der Waals surface area (Å²) in [6, 6.07) is 14.3. The first-order valence-corrected chi connectivity index (χ1v) is 6.72. The van der Waals surface area contributed by atoms with Crippen LogP contribution in [0, 0.1) is 0 Å². The highest BCUT2D eigenvalue weighted by molar-refractivity contribution is 5.96. The molecule has 0 saturated carbocycles. The van der Waals surface area contributed by atoms with E-state index in [9.17, 15) is 9.59 Å². The van der Waals surface area contributed by atoms with E-state index in [0.717, 1.165) is 5.56 Å². The molecule has 1 heterocycles. The van der Waals surface area contributed by atoms with Crippen molar-refractivity contribution in [1.29, 1.82) is 0 Å². The van der Waals surface area contributed by atoms with Gasteiger partial charge in [-0.2, -0.15) is 0 Å². The van der Waals surface area contributed by atoms with Gasteiger partial charge in [0.25, 0.3) is 5.91 Å². The van der Waals surface area contributed by atoms with Gasteiger partial charge in [-0.3, -0.25) is 4.79 Å². The highest BCUT2D eigenvalue weighted by Gasteiger charge is 2.16. The molecule has 0 saturated heterocycles. The Morgan fingerprint density at radius 2 is 2.00 bits per heavy atom. The smallest absolute Gasteiger partial charge is 0.336 e. The van der Waals surface area contributed by atoms with Crippen LogP contribution in [0.3, 0.4) is 0 Å². The zero-order valence-corrected chi connectivity index (χ0v) is 11.6. The molecule has 3 rings (SSSR count). The quantitative estimate of drug-likeness (QED) is 0.537. The second-order valence-electron chi connectivity index (χ2n) is 4.66. The maximum atomic E-state index is 11.8. The lowest BCUT2D eigenvalue weighted by Gasteiger charge is -2.18. The average Bonchev–Trinajstić information content (AvgIpc) is 2.53. The fourth-order valence-electron chi connectivity index (χ4n) is 2.00. The summed E-state index contributed by atoms with van der Waals surface area (Å²) < 4.78 is 10.4. The molecule has 2 aromatic rings. The molecule has 1 N–H and O–H groups in total. The molecule has 5 nitrogen and oxygen atoms in total. The summed E-state index contributed by atoms with van der Waals surface area (Å²) in [5.41, 5.74) is 1.40. The predicted molar refractivity (Wildman–Crippen MR) is 81.7 cm³/mol. The Kier molecular flexibility index (Phi) is 3.87. The Morgan fingerprint density at radius 1 is 1.18 bits per heavy atom. The number of anilines is 1. The van der Waals surface area contributed by atoms with Gasteiger partial charge in [0.2, 0.25) is 0 Å². The summed E-state index contributed by atoms with van der Waals surface area (Å²) >= 11 is 0. The van der Waals surface area contributed by atoms with Gasteiger partial charge < -0.3 is 14.8 Å². The Hall–Kier alpha value is -3.08. The molecule has 22 heavy (non-hydrogen) atoms. The Bertz CT molecular complexity index is 738. The van der Waals surface area contributed by atoms with Crippen LogP contribution in [0.15, 0.2) is 54.6 Å². The topological polar surface area (TPSA) is 64.6 Å². The fraction of sp³-hybridized carbons (Fsp3) is 0.0588. The molecule has 0 aliphatic carbocycles. The van der Waals surface area contributed by atoms with Crippen LogP contribution in [-0.4, -0.2) is 18.5 Å². The number of amides is 1. The van der Waals surface area contributed by atoms with Crippen molar-refractivity contribution >= 4 is 23.6 Å². The lowest BCUT2D eigenvalue weighted by molar-refractivity contribution is -0.128. The number of carbonyl (C=O) groups is 2. The number of ether oxygens (including phenoxy) is 2. The molecule has 0 unspecified atom stereocenters. The van der Waals surface area contributed by atoms with Gasteiger partial charge in [-0.15, -0.1) is 0 Å². The van der Waals surface area contributed by atoms with Crippen molar-refractivity contribution in [2.45, 2.75) is 0 Å². The van der Waals surface area contributed by atoms with Gasteiger partial charge in [-0.25, -0.2) is 4.79 Å². The van der Waals surface area contributed by atoms with Gasteiger partial charge in [0.05, 0.1) is 5.69 Å². The standard InChI is InChI=1S/C17H13NO4/c19-16-11-21-15-8-7-13(10-14(15)18-16)22-17(20)9-6-12-4-2-1-3-5-12/h1-10H,11H2,(H,18,19)/b9-6+. The largest absolute Gasteiger partial charge is 0.482 e. The van der Waals surface area contributed by atoms with Crippen LogP contribution in [-0.2, 0) is 9.59 Å². The number of hydrogen-bond acceptors (Lipinski definition) is 4. The first-order valence-electron chi connectivity index (χ1n) is 6.72. The molecule has 1 amide bonds. The zero-order valence-electron chi connectivity index (χ0n) is 11.6. The molecule has 0 radical (unpaired) electrons. The van der Waals surface area contributed by atoms with Crippen LogP contribution in [0.4, 0.5) is 5.69 Å². The minimum absolute atomic E-state index is 0.00799. The third-order valence-electron chi connectivity index (χ3n) is 3.01. The van der Waals surface area contributed by atoms with Crippen LogP contribution in [0.5, 0.6) is 11.5 Å². The number of benzene rings is 2.